The van der Waals surface area contributed by atoms with E-state index in [-0.39, 0.29) is 0 Å². The van der Waals surface area contributed by atoms with E-state index in [9.17, 15) is 9.59 Å². The van der Waals surface area contributed by atoms with Gasteiger partial charge in [-0.15, -0.1) is 0 Å². The van der Waals surface area contributed by atoms with Gasteiger partial charge < -0.3 is 0 Å². The largest absolute Gasteiger partial charge is 0.343 e. The van der Waals surface area contributed by atoms with Gasteiger partial charge in [0.25, 0.3) is 0 Å². The van der Waals surface area contributed by atoms with Gasteiger partial charge in [-0.1, -0.05) is 60.7 Å². The predicted molar refractivity (Wildman–Crippen MR) is 92.0 cm³/mol. The Morgan fingerprint density at radius 3 is 0.958 bits per heavy atom. The van der Waals surface area contributed by atoms with Crippen LogP contribution in [0.2, 0.25) is 0 Å². The van der Waals surface area contributed by atoms with E-state index in [2.05, 4.69) is 71.9 Å². The lowest BCUT2D eigenvalue weighted by molar-refractivity contribution is 0.240. The van der Waals surface area contributed by atoms with Gasteiger partial charge in [0.05, 0.1) is 0 Å². The van der Waals surface area contributed by atoms with Crippen LogP contribution < -0.4 is 45.1 Å². The molecule has 4 amide bonds. The molecule has 12 N–H and O–H groups in total. The fraction of sp³-hybridized carbons (Fsp3) is 0. The normalized spacial score (nSPS) is 8.33. The molecule has 0 saturated heterocycles. The van der Waals surface area contributed by atoms with Crippen molar-refractivity contribution in [1.29, 1.82) is 0 Å². The molecule has 2 aromatic rings. The molecule has 10 heteroatoms. The zero-order valence-corrected chi connectivity index (χ0v) is 12.9. The molecule has 0 fully saturated rings. The second kappa shape index (κ2) is 13.5. The van der Waals surface area contributed by atoms with E-state index >= 15 is 0 Å². The van der Waals surface area contributed by atoms with E-state index in [0.29, 0.717) is 0 Å². The quantitative estimate of drug-likeness (QED) is 0.196. The van der Waals surface area contributed by atoms with Gasteiger partial charge in [-0.05, 0) is 11.1 Å². The van der Waals surface area contributed by atoms with Crippen molar-refractivity contribution in [1.82, 2.24) is 21.7 Å². The molecule has 0 aliphatic carbocycles. The van der Waals surface area contributed by atoms with Gasteiger partial charge >= 0.3 is 12.1 Å². The van der Waals surface area contributed by atoms with Crippen molar-refractivity contribution in [2.45, 2.75) is 0 Å². The van der Waals surface area contributed by atoms with Crippen LogP contribution in [0.1, 0.15) is 0 Å². The zero-order chi connectivity index (χ0) is 18.2. The highest BCUT2D eigenvalue weighted by Gasteiger charge is 1.91. The molecular formula is C14H22N8O2. The minimum absolute atomic E-state index is 0.602. The molecule has 0 aliphatic heterocycles. The minimum atomic E-state index is -0.602. The number of carbonyl (C=O) groups is 2. The fourth-order valence-electron chi connectivity index (χ4n) is 1.34. The summed E-state index contributed by atoms with van der Waals surface area (Å²) in [6.07, 6.45) is 0. The zero-order valence-electron chi connectivity index (χ0n) is 12.9. The monoisotopic (exact) mass is 334 g/mol. The van der Waals surface area contributed by atoms with Gasteiger partial charge in [0, 0.05) is 0 Å². The average Bonchev–Trinajstić information content (AvgIpc) is 2.69. The number of carbonyl (C=O) groups excluding carboxylic acids is 2. The maximum Gasteiger partial charge on any atom is 0.343 e. The Morgan fingerprint density at radius 2 is 0.792 bits per heavy atom. The number of rotatable bonds is 1. The van der Waals surface area contributed by atoms with Crippen LogP contribution >= 0.6 is 0 Å². The smallest absolute Gasteiger partial charge is 0.275 e. The highest BCUT2D eigenvalue weighted by atomic mass is 16.2. The summed E-state index contributed by atoms with van der Waals surface area (Å²) in [6.45, 7) is 0. The molecule has 0 aromatic heterocycles. The summed E-state index contributed by atoms with van der Waals surface area (Å²) < 4.78 is 0. The molecule has 0 bridgehead atoms. The number of urea groups is 2. The Hall–Kier alpha value is -3.18. The lowest BCUT2D eigenvalue weighted by Gasteiger charge is -1.98. The molecule has 0 saturated carbocycles. The molecule has 0 spiro atoms. The summed E-state index contributed by atoms with van der Waals surface area (Å²) in [6, 6.07) is 19.6. The van der Waals surface area contributed by atoms with Crippen molar-refractivity contribution in [2.75, 3.05) is 0 Å². The van der Waals surface area contributed by atoms with E-state index in [1.54, 1.807) is 21.7 Å². The maximum atomic E-state index is 9.71. The number of nitrogens with two attached hydrogens (primary N) is 4. The van der Waals surface area contributed by atoms with Crippen molar-refractivity contribution in [3.63, 3.8) is 0 Å². The third-order valence-corrected chi connectivity index (χ3v) is 2.41. The standard InChI is InChI=1S/C12H10.2CH6N4O/c1-3-7-11(8-4-1)12-9-5-2-6-10-12;2*2-4-1(6)5-3/h1-10H;2*2-3H2,(H2,4,5,6). The Balaban J connectivity index is 0.000000377. The number of amides is 4. The highest BCUT2D eigenvalue weighted by Crippen LogP contribution is 2.17. The Kier molecular flexibility index (Phi) is 11.7. The number of nitrogens with one attached hydrogen (secondary N) is 4. The van der Waals surface area contributed by atoms with Gasteiger partial charge in [-0.25, -0.2) is 33.0 Å². The topological polar surface area (TPSA) is 186 Å². The third-order valence-electron chi connectivity index (χ3n) is 2.41. The minimum Gasteiger partial charge on any atom is -0.275 e. The van der Waals surface area contributed by atoms with Crippen LogP contribution in [0.3, 0.4) is 0 Å². The number of hydrogen-bond acceptors (Lipinski definition) is 6. The second-order valence-corrected chi connectivity index (χ2v) is 3.97. The van der Waals surface area contributed by atoms with Crippen LogP contribution in [0, 0.1) is 0 Å². The Bertz CT molecular complexity index is 514. The molecule has 24 heavy (non-hydrogen) atoms. The number of hydrazine groups is 4. The molecule has 0 unspecified atom stereocenters. The van der Waals surface area contributed by atoms with Gasteiger partial charge in [-0.3, -0.25) is 21.7 Å². The Labute approximate surface area is 139 Å². The number of hydrogen-bond donors (Lipinski definition) is 8. The molecule has 0 heterocycles. The maximum absolute atomic E-state index is 9.71. The lowest BCUT2D eigenvalue weighted by atomic mass is 10.1. The highest BCUT2D eigenvalue weighted by molar-refractivity contribution is 5.72. The van der Waals surface area contributed by atoms with Crippen LogP contribution in [0.25, 0.3) is 11.1 Å². The molecular weight excluding hydrogens is 312 g/mol. The van der Waals surface area contributed by atoms with E-state index < -0.39 is 12.1 Å². The summed E-state index contributed by atoms with van der Waals surface area (Å²) in [5.74, 6) is 18.2. The first-order valence-corrected chi connectivity index (χ1v) is 6.63. The first-order chi connectivity index (χ1) is 11.6. The Morgan fingerprint density at radius 1 is 0.542 bits per heavy atom. The van der Waals surface area contributed by atoms with Gasteiger partial charge in [0.2, 0.25) is 0 Å². The molecule has 0 aliphatic rings. The third kappa shape index (κ3) is 9.70. The first kappa shape index (κ1) is 20.8. The lowest BCUT2D eigenvalue weighted by Crippen LogP contribution is -2.43. The van der Waals surface area contributed by atoms with E-state index in [1.165, 1.54) is 11.1 Å². The second-order valence-electron chi connectivity index (χ2n) is 3.97. The van der Waals surface area contributed by atoms with Crippen molar-refractivity contribution >= 4 is 12.1 Å². The van der Waals surface area contributed by atoms with Gasteiger partial charge in [0.1, 0.15) is 0 Å². The SMILES string of the molecule is NNC(=O)NN.NNC(=O)NN.c1ccc(-c2ccccc2)cc1. The molecule has 0 atom stereocenters. The van der Waals surface area contributed by atoms with Crippen molar-refractivity contribution in [2.24, 2.45) is 23.4 Å². The van der Waals surface area contributed by atoms with E-state index in [4.69, 9.17) is 0 Å². The molecule has 130 valence electrons. The predicted octanol–water partition coefficient (Wildman–Crippen LogP) is -0.580. The van der Waals surface area contributed by atoms with E-state index in [1.807, 2.05) is 12.1 Å². The first-order valence-electron chi connectivity index (χ1n) is 6.63. The fourth-order valence-corrected chi connectivity index (χ4v) is 1.34. The van der Waals surface area contributed by atoms with E-state index in [0.717, 1.165) is 0 Å². The van der Waals surface area contributed by atoms with Crippen molar-refractivity contribution in [3.05, 3.63) is 60.7 Å². The van der Waals surface area contributed by atoms with Crippen LogP contribution in [0.5, 0.6) is 0 Å². The summed E-state index contributed by atoms with van der Waals surface area (Å²) >= 11 is 0. The molecule has 2 aromatic carbocycles. The molecule has 10 nitrogen and oxygen atoms in total. The van der Waals surface area contributed by atoms with Crippen molar-refractivity contribution in [3.8, 4) is 11.1 Å². The van der Waals surface area contributed by atoms with Gasteiger partial charge in [-0.2, -0.15) is 0 Å². The van der Waals surface area contributed by atoms with Gasteiger partial charge in [0.15, 0.2) is 0 Å². The summed E-state index contributed by atoms with van der Waals surface area (Å²) in [5.41, 5.74) is 9.51. The summed E-state index contributed by atoms with van der Waals surface area (Å²) in [5, 5.41) is 0. The van der Waals surface area contributed by atoms with Crippen LogP contribution in [-0.2, 0) is 0 Å². The average molecular weight is 334 g/mol. The van der Waals surface area contributed by atoms with Crippen LogP contribution in [0.15, 0.2) is 60.7 Å². The van der Waals surface area contributed by atoms with Crippen LogP contribution in [0.4, 0.5) is 9.59 Å². The molecule has 2 rings (SSSR count). The van der Waals surface area contributed by atoms with Crippen molar-refractivity contribution < 1.29 is 9.59 Å². The number of benzene rings is 2. The summed E-state index contributed by atoms with van der Waals surface area (Å²) in [7, 11) is 0. The summed E-state index contributed by atoms with van der Waals surface area (Å²) in [4.78, 5) is 19.4. The van der Waals surface area contributed by atoms with Crippen LogP contribution in [-0.4, -0.2) is 12.1 Å². The molecule has 0 radical (unpaired) electrons.